The fourth-order valence-electron chi connectivity index (χ4n) is 6.10. The monoisotopic (exact) mass is 793 g/mol. The Balaban J connectivity index is 1.25. The standard InChI is InChI=1S/C43H61N2O10Si/c1-33-38(40(46)48-5)32-34-14-12-13-19-37(39(34)45-33)41(55-56(35-15-8-6-9-16-35)36-17-10-7-11-18-36)54-42(47)44-21-23-50-25-27-52-29-31-53-30-28-51-26-24-49-22-20-43(2,3)4/h6-11,15-18,32,37,41H,12-14,19-31H2,1-5H3,(H,44,47). The van der Waals surface area contributed by atoms with Crippen molar-refractivity contribution in [3.63, 3.8) is 0 Å². The molecule has 1 aliphatic rings. The predicted molar refractivity (Wildman–Crippen MR) is 216 cm³/mol. The smallest absolute Gasteiger partial charge is 0.409 e. The van der Waals surface area contributed by atoms with Gasteiger partial charge in [-0.15, -0.1) is 0 Å². The van der Waals surface area contributed by atoms with Gasteiger partial charge in [-0.3, -0.25) is 4.98 Å². The van der Waals surface area contributed by atoms with Crippen LogP contribution in [0.2, 0.25) is 0 Å². The van der Waals surface area contributed by atoms with Crippen molar-refractivity contribution in [3.05, 3.63) is 89.2 Å². The molecule has 1 aliphatic carbocycles. The van der Waals surface area contributed by atoms with Crippen molar-refractivity contribution in [2.24, 2.45) is 5.41 Å². The molecule has 0 fully saturated rings. The van der Waals surface area contributed by atoms with E-state index in [1.54, 1.807) is 6.92 Å². The fourth-order valence-corrected chi connectivity index (χ4v) is 8.14. The van der Waals surface area contributed by atoms with Gasteiger partial charge < -0.3 is 42.9 Å². The van der Waals surface area contributed by atoms with Crippen molar-refractivity contribution in [2.45, 2.75) is 72.0 Å². The van der Waals surface area contributed by atoms with Gasteiger partial charge in [-0.05, 0) is 60.0 Å². The number of aromatic nitrogens is 1. The first-order valence-electron chi connectivity index (χ1n) is 19.7. The third kappa shape index (κ3) is 16.0. The third-order valence-electron chi connectivity index (χ3n) is 9.15. The Morgan fingerprint density at radius 1 is 0.786 bits per heavy atom. The molecule has 2 atom stereocenters. The normalized spacial score (nSPS) is 14.9. The number of ether oxygens (including phenoxy) is 7. The van der Waals surface area contributed by atoms with E-state index in [-0.39, 0.29) is 24.5 Å². The number of pyridine rings is 1. The summed E-state index contributed by atoms with van der Waals surface area (Å²) in [6, 6.07) is 21.9. The van der Waals surface area contributed by atoms with Crippen molar-refractivity contribution in [3.8, 4) is 0 Å². The highest BCUT2D eigenvalue weighted by Gasteiger charge is 2.36. The summed E-state index contributed by atoms with van der Waals surface area (Å²) in [7, 11) is -0.494. The Bertz CT molecular complexity index is 1530. The molecule has 1 aromatic heterocycles. The second-order valence-corrected chi connectivity index (χ2v) is 16.8. The zero-order chi connectivity index (χ0) is 40.0. The summed E-state index contributed by atoms with van der Waals surface area (Å²) in [6.07, 6.45) is 2.69. The van der Waals surface area contributed by atoms with E-state index in [0.29, 0.717) is 70.5 Å². The lowest BCUT2D eigenvalue weighted by molar-refractivity contribution is -0.0536. The number of nitrogens with one attached hydrogen (secondary N) is 1. The Kier molecular flexibility index (Phi) is 20.0. The lowest BCUT2D eigenvalue weighted by atomic mass is 9.93. The molecule has 0 bridgehead atoms. The first-order chi connectivity index (χ1) is 27.2. The molecule has 13 heteroatoms. The topological polar surface area (TPSA) is 133 Å². The van der Waals surface area contributed by atoms with Crippen LogP contribution < -0.4 is 15.7 Å². The van der Waals surface area contributed by atoms with Gasteiger partial charge in [0.25, 0.3) is 9.04 Å². The number of benzene rings is 2. The highest BCUT2D eigenvalue weighted by molar-refractivity contribution is 6.80. The Morgan fingerprint density at radius 3 is 1.86 bits per heavy atom. The van der Waals surface area contributed by atoms with Crippen molar-refractivity contribution >= 4 is 31.5 Å². The molecule has 1 amide bonds. The number of amides is 1. The van der Waals surface area contributed by atoms with Crippen LogP contribution in [0.3, 0.4) is 0 Å². The molecule has 2 aromatic carbocycles. The number of alkyl carbamates (subject to hydrolysis) is 1. The number of aryl methyl sites for hydroxylation is 2. The van der Waals surface area contributed by atoms with Gasteiger partial charge in [-0.2, -0.15) is 0 Å². The molecule has 0 spiro atoms. The van der Waals surface area contributed by atoms with Gasteiger partial charge in [0.05, 0.1) is 89.4 Å². The van der Waals surface area contributed by atoms with Gasteiger partial charge >= 0.3 is 12.1 Å². The number of fused-ring (bicyclic) bond motifs is 1. The van der Waals surface area contributed by atoms with Crippen LogP contribution in [0.1, 0.15) is 79.7 Å². The van der Waals surface area contributed by atoms with E-state index in [1.807, 2.05) is 66.7 Å². The first kappa shape index (κ1) is 45.0. The first-order valence-corrected chi connectivity index (χ1v) is 21.1. The predicted octanol–water partition coefficient (Wildman–Crippen LogP) is 5.38. The van der Waals surface area contributed by atoms with Crippen LogP contribution in [-0.2, 0) is 44.0 Å². The number of rotatable bonds is 24. The van der Waals surface area contributed by atoms with Gasteiger partial charge in [-0.25, -0.2) is 9.59 Å². The Morgan fingerprint density at radius 2 is 1.32 bits per heavy atom. The van der Waals surface area contributed by atoms with E-state index < -0.39 is 27.4 Å². The molecule has 4 rings (SSSR count). The molecular formula is C43H61N2O10Si. The van der Waals surface area contributed by atoms with Crippen molar-refractivity contribution in [1.82, 2.24) is 10.3 Å². The van der Waals surface area contributed by atoms with Crippen LogP contribution in [0, 0.1) is 12.3 Å². The van der Waals surface area contributed by atoms with Crippen LogP contribution in [0.25, 0.3) is 0 Å². The number of carbonyl (C=O) groups excluding carboxylic acids is 2. The molecule has 56 heavy (non-hydrogen) atoms. The van der Waals surface area contributed by atoms with Crippen LogP contribution in [0.5, 0.6) is 0 Å². The van der Waals surface area contributed by atoms with E-state index >= 15 is 0 Å². The van der Waals surface area contributed by atoms with Gasteiger partial charge in [0.15, 0.2) is 0 Å². The zero-order valence-corrected chi connectivity index (χ0v) is 34.8. The fraction of sp³-hybridized carbons (Fsp3) is 0.558. The van der Waals surface area contributed by atoms with Gasteiger partial charge in [0.2, 0.25) is 6.29 Å². The maximum absolute atomic E-state index is 13.4. The average molecular weight is 794 g/mol. The molecule has 1 radical (unpaired) electrons. The molecule has 0 saturated carbocycles. The van der Waals surface area contributed by atoms with Gasteiger partial charge in [0, 0.05) is 13.2 Å². The number of nitrogens with zero attached hydrogens (tertiary/aromatic N) is 1. The second-order valence-electron chi connectivity index (χ2n) is 14.8. The third-order valence-corrected chi connectivity index (χ3v) is 11.3. The minimum Gasteiger partial charge on any atom is -0.465 e. The quantitative estimate of drug-likeness (QED) is 0.0412. The van der Waals surface area contributed by atoms with Gasteiger partial charge in [0.1, 0.15) is 0 Å². The number of carbonyl (C=O) groups is 2. The molecule has 0 saturated heterocycles. The molecule has 0 aliphatic heterocycles. The van der Waals surface area contributed by atoms with Crippen LogP contribution >= 0.6 is 0 Å². The number of esters is 1. The van der Waals surface area contributed by atoms with E-state index in [9.17, 15) is 9.59 Å². The molecule has 3 aromatic rings. The minimum absolute atomic E-state index is 0.243. The molecule has 2 unspecified atom stereocenters. The SMILES string of the molecule is COC(=O)c1cc2c(nc1C)C(C(OC(=O)NCCOCCOCCOCCOCCOCCC(C)(C)C)O[Si](c1ccccc1)c1ccccc1)CCCC2. The summed E-state index contributed by atoms with van der Waals surface area (Å²) in [4.78, 5) is 30.9. The summed E-state index contributed by atoms with van der Waals surface area (Å²) in [6.45, 7) is 13.5. The Hall–Kier alpha value is -3.69. The number of hydrogen-bond donors (Lipinski definition) is 1. The summed E-state index contributed by atoms with van der Waals surface area (Å²) in [5.74, 6) is -0.784. The summed E-state index contributed by atoms with van der Waals surface area (Å²) >= 11 is 0. The summed E-state index contributed by atoms with van der Waals surface area (Å²) in [5.41, 5.74) is 2.99. The maximum Gasteiger partial charge on any atom is 0.409 e. The largest absolute Gasteiger partial charge is 0.465 e. The maximum atomic E-state index is 13.4. The molecule has 307 valence electrons. The average Bonchev–Trinajstić information content (AvgIpc) is 3.40. The summed E-state index contributed by atoms with van der Waals surface area (Å²) in [5, 5.41) is 4.87. The van der Waals surface area contributed by atoms with E-state index in [1.165, 1.54) is 7.11 Å². The lowest BCUT2D eigenvalue weighted by Gasteiger charge is -2.30. The highest BCUT2D eigenvalue weighted by atomic mass is 28.3. The zero-order valence-electron chi connectivity index (χ0n) is 33.8. The minimum atomic E-state index is -1.86. The van der Waals surface area contributed by atoms with Gasteiger partial charge in [-0.1, -0.05) is 87.9 Å². The van der Waals surface area contributed by atoms with E-state index in [4.69, 9.17) is 42.6 Å². The molecule has 1 heterocycles. The number of methoxy groups -OCH3 is 1. The lowest BCUT2D eigenvalue weighted by Crippen LogP contribution is -2.50. The van der Waals surface area contributed by atoms with Crippen LogP contribution in [-0.4, -0.2) is 112 Å². The van der Waals surface area contributed by atoms with Crippen molar-refractivity contribution in [2.75, 3.05) is 79.7 Å². The Labute approximate surface area is 334 Å². The van der Waals surface area contributed by atoms with Crippen molar-refractivity contribution in [1.29, 1.82) is 0 Å². The van der Waals surface area contributed by atoms with Crippen LogP contribution in [0.4, 0.5) is 4.79 Å². The second kappa shape index (κ2) is 24.8. The molecular weight excluding hydrogens is 733 g/mol. The van der Waals surface area contributed by atoms with E-state index in [0.717, 1.165) is 53.9 Å². The van der Waals surface area contributed by atoms with E-state index in [2.05, 4.69) is 26.1 Å². The summed E-state index contributed by atoms with van der Waals surface area (Å²) < 4.78 is 46.1. The molecule has 12 nitrogen and oxygen atoms in total. The number of hydrogen-bond acceptors (Lipinski definition) is 11. The highest BCUT2D eigenvalue weighted by Crippen LogP contribution is 2.35. The van der Waals surface area contributed by atoms with Crippen molar-refractivity contribution < 1.29 is 47.2 Å². The molecule has 1 N–H and O–H groups in total. The van der Waals surface area contributed by atoms with Crippen LogP contribution in [0.15, 0.2) is 66.7 Å².